The van der Waals surface area contributed by atoms with Gasteiger partial charge < -0.3 is 5.32 Å². The summed E-state index contributed by atoms with van der Waals surface area (Å²) in [5.74, 6) is 0. The van der Waals surface area contributed by atoms with E-state index in [1.54, 1.807) is 0 Å². The fourth-order valence-corrected chi connectivity index (χ4v) is 1.70. The van der Waals surface area contributed by atoms with E-state index in [4.69, 9.17) is 0 Å². The number of hydrogen-bond acceptors (Lipinski definition) is 1. The van der Waals surface area contributed by atoms with Gasteiger partial charge in [-0.3, -0.25) is 0 Å². The Bertz CT molecular complexity index is 126. The molecule has 0 aliphatic carbocycles. The van der Waals surface area contributed by atoms with Gasteiger partial charge in [0.05, 0.1) is 0 Å². The van der Waals surface area contributed by atoms with E-state index < -0.39 is 0 Å². The monoisotopic (exact) mass is 155 g/mol. The standard InChI is InChI=1S/C10H21N/c1-9(2,3)10(4)6-5-7-11-8-10/h11H,5-8H2,1-4H3/t10-/m0/s1. The Hall–Kier alpha value is -0.0400. The van der Waals surface area contributed by atoms with Crippen LogP contribution in [0.4, 0.5) is 0 Å². The zero-order valence-electron chi connectivity index (χ0n) is 8.33. The van der Waals surface area contributed by atoms with E-state index in [0.717, 1.165) is 0 Å². The average Bonchev–Trinajstić information content (AvgIpc) is 1.87. The topological polar surface area (TPSA) is 12.0 Å². The van der Waals surface area contributed by atoms with Crippen LogP contribution in [0.5, 0.6) is 0 Å². The molecule has 1 heteroatoms. The van der Waals surface area contributed by atoms with E-state index >= 15 is 0 Å². The molecule has 1 heterocycles. The molecule has 0 aromatic carbocycles. The van der Waals surface area contributed by atoms with Crippen LogP contribution >= 0.6 is 0 Å². The van der Waals surface area contributed by atoms with Gasteiger partial charge in [0.25, 0.3) is 0 Å². The van der Waals surface area contributed by atoms with Crippen molar-refractivity contribution in [2.24, 2.45) is 10.8 Å². The van der Waals surface area contributed by atoms with Gasteiger partial charge in [0.15, 0.2) is 0 Å². The minimum Gasteiger partial charge on any atom is -0.316 e. The first-order valence-electron chi connectivity index (χ1n) is 4.66. The molecule has 0 radical (unpaired) electrons. The predicted molar refractivity (Wildman–Crippen MR) is 49.7 cm³/mol. The molecular formula is C10H21N. The van der Waals surface area contributed by atoms with Crippen LogP contribution < -0.4 is 5.32 Å². The number of rotatable bonds is 0. The molecule has 1 atom stereocenters. The molecule has 0 unspecified atom stereocenters. The Kier molecular flexibility index (Phi) is 2.29. The van der Waals surface area contributed by atoms with Crippen molar-refractivity contribution in [3.63, 3.8) is 0 Å². The van der Waals surface area contributed by atoms with Crippen molar-refractivity contribution in [2.45, 2.75) is 40.5 Å². The Morgan fingerprint density at radius 2 is 1.91 bits per heavy atom. The molecule has 11 heavy (non-hydrogen) atoms. The first kappa shape index (κ1) is 9.05. The molecular weight excluding hydrogens is 134 g/mol. The lowest BCUT2D eigenvalue weighted by Gasteiger charge is -2.45. The second kappa shape index (κ2) is 2.78. The minimum absolute atomic E-state index is 0.445. The lowest BCUT2D eigenvalue weighted by atomic mass is 9.64. The Morgan fingerprint density at radius 1 is 1.27 bits per heavy atom. The molecule has 1 aliphatic rings. The van der Waals surface area contributed by atoms with Crippen molar-refractivity contribution >= 4 is 0 Å². The highest BCUT2D eigenvalue weighted by Gasteiger charge is 2.37. The molecule has 0 amide bonds. The van der Waals surface area contributed by atoms with E-state index in [1.165, 1.54) is 25.9 Å². The molecule has 1 N–H and O–H groups in total. The summed E-state index contributed by atoms with van der Waals surface area (Å²) in [7, 11) is 0. The first-order valence-corrected chi connectivity index (χ1v) is 4.66. The van der Waals surface area contributed by atoms with Crippen molar-refractivity contribution in [2.75, 3.05) is 13.1 Å². The third kappa shape index (κ3) is 1.76. The van der Waals surface area contributed by atoms with E-state index in [-0.39, 0.29) is 0 Å². The third-order valence-electron chi connectivity index (χ3n) is 3.41. The van der Waals surface area contributed by atoms with Crippen LogP contribution in [-0.2, 0) is 0 Å². The molecule has 0 saturated carbocycles. The van der Waals surface area contributed by atoms with Crippen molar-refractivity contribution in [3.8, 4) is 0 Å². The maximum absolute atomic E-state index is 3.48. The molecule has 1 aliphatic heterocycles. The summed E-state index contributed by atoms with van der Waals surface area (Å²) in [5, 5.41) is 3.48. The minimum atomic E-state index is 0.445. The Morgan fingerprint density at radius 3 is 2.18 bits per heavy atom. The summed E-state index contributed by atoms with van der Waals surface area (Å²) >= 11 is 0. The predicted octanol–water partition coefficient (Wildman–Crippen LogP) is 2.42. The van der Waals surface area contributed by atoms with E-state index in [1.807, 2.05) is 0 Å². The number of nitrogens with one attached hydrogen (secondary N) is 1. The summed E-state index contributed by atoms with van der Waals surface area (Å²) in [6, 6.07) is 0. The van der Waals surface area contributed by atoms with Crippen LogP contribution in [0.3, 0.4) is 0 Å². The van der Waals surface area contributed by atoms with Crippen LogP contribution in [0.25, 0.3) is 0 Å². The fraction of sp³-hybridized carbons (Fsp3) is 1.00. The van der Waals surface area contributed by atoms with Gasteiger partial charge in [0.1, 0.15) is 0 Å². The normalized spacial score (nSPS) is 33.8. The summed E-state index contributed by atoms with van der Waals surface area (Å²) < 4.78 is 0. The highest BCUT2D eigenvalue weighted by atomic mass is 14.9. The fourth-order valence-electron chi connectivity index (χ4n) is 1.70. The van der Waals surface area contributed by atoms with Gasteiger partial charge in [-0.25, -0.2) is 0 Å². The molecule has 0 aromatic rings. The Balaban J connectivity index is 2.64. The number of piperidine rings is 1. The highest BCUT2D eigenvalue weighted by molar-refractivity contribution is 4.90. The largest absolute Gasteiger partial charge is 0.316 e. The average molecular weight is 155 g/mol. The summed E-state index contributed by atoms with van der Waals surface area (Å²) in [6.07, 6.45) is 2.72. The lowest BCUT2D eigenvalue weighted by molar-refractivity contribution is 0.0747. The van der Waals surface area contributed by atoms with Crippen LogP contribution in [-0.4, -0.2) is 13.1 Å². The lowest BCUT2D eigenvalue weighted by Crippen LogP contribution is -2.45. The van der Waals surface area contributed by atoms with E-state index in [2.05, 4.69) is 33.0 Å². The van der Waals surface area contributed by atoms with Crippen molar-refractivity contribution < 1.29 is 0 Å². The van der Waals surface area contributed by atoms with Gasteiger partial charge in [0.2, 0.25) is 0 Å². The summed E-state index contributed by atoms with van der Waals surface area (Å²) in [5.41, 5.74) is 0.950. The zero-order chi connectivity index (χ0) is 8.54. The molecule has 1 nitrogen and oxygen atoms in total. The first-order chi connectivity index (χ1) is 4.96. The van der Waals surface area contributed by atoms with Gasteiger partial charge in [-0.2, -0.15) is 0 Å². The second-order valence-corrected chi connectivity index (χ2v) is 5.09. The molecule has 1 saturated heterocycles. The molecule has 1 fully saturated rings. The zero-order valence-corrected chi connectivity index (χ0v) is 8.33. The van der Waals surface area contributed by atoms with Crippen molar-refractivity contribution in [1.29, 1.82) is 0 Å². The van der Waals surface area contributed by atoms with Crippen LogP contribution in [0.1, 0.15) is 40.5 Å². The molecule has 0 aromatic heterocycles. The molecule has 0 spiro atoms. The second-order valence-electron chi connectivity index (χ2n) is 5.09. The van der Waals surface area contributed by atoms with Crippen molar-refractivity contribution in [3.05, 3.63) is 0 Å². The van der Waals surface area contributed by atoms with E-state index in [0.29, 0.717) is 10.8 Å². The SMILES string of the molecule is CC(C)(C)[C@@]1(C)CCCNC1. The van der Waals surface area contributed by atoms with E-state index in [9.17, 15) is 0 Å². The van der Waals surface area contributed by atoms with Gasteiger partial charge in [-0.1, -0.05) is 27.7 Å². The van der Waals surface area contributed by atoms with Gasteiger partial charge in [-0.15, -0.1) is 0 Å². The van der Waals surface area contributed by atoms with Gasteiger partial charge in [-0.05, 0) is 30.2 Å². The van der Waals surface area contributed by atoms with Crippen LogP contribution in [0, 0.1) is 10.8 Å². The Labute approximate surface area is 70.6 Å². The van der Waals surface area contributed by atoms with Crippen LogP contribution in [0.2, 0.25) is 0 Å². The molecule has 66 valence electrons. The summed E-state index contributed by atoms with van der Waals surface area (Å²) in [6.45, 7) is 11.8. The number of hydrogen-bond donors (Lipinski definition) is 1. The maximum atomic E-state index is 3.48. The third-order valence-corrected chi connectivity index (χ3v) is 3.41. The van der Waals surface area contributed by atoms with Crippen LogP contribution in [0.15, 0.2) is 0 Å². The molecule has 0 bridgehead atoms. The molecule has 1 rings (SSSR count). The quantitative estimate of drug-likeness (QED) is 0.566. The van der Waals surface area contributed by atoms with Crippen molar-refractivity contribution in [1.82, 2.24) is 5.32 Å². The van der Waals surface area contributed by atoms with Gasteiger partial charge in [0, 0.05) is 6.54 Å². The summed E-state index contributed by atoms with van der Waals surface area (Å²) in [4.78, 5) is 0. The smallest absolute Gasteiger partial charge is 0.00102 e. The highest BCUT2D eigenvalue weighted by Crippen LogP contribution is 2.42. The van der Waals surface area contributed by atoms with Gasteiger partial charge >= 0.3 is 0 Å². The maximum Gasteiger partial charge on any atom is 0.00102 e.